The average molecular weight is 262 g/mol. The minimum absolute atomic E-state index is 0.289. The van der Waals surface area contributed by atoms with Gasteiger partial charge in [0.1, 0.15) is 0 Å². The SMILES string of the molecule is CNC1CCC(Nc2cccc(C(=O)OC)c2)CC1. The molecular formula is C15H22N2O2. The van der Waals surface area contributed by atoms with E-state index < -0.39 is 0 Å². The highest BCUT2D eigenvalue weighted by Crippen LogP contribution is 2.22. The summed E-state index contributed by atoms with van der Waals surface area (Å²) in [5.74, 6) is -0.289. The molecule has 0 radical (unpaired) electrons. The molecule has 1 fully saturated rings. The Hall–Kier alpha value is -1.55. The fraction of sp³-hybridized carbons (Fsp3) is 0.533. The van der Waals surface area contributed by atoms with Gasteiger partial charge in [0.15, 0.2) is 0 Å². The monoisotopic (exact) mass is 262 g/mol. The van der Waals surface area contributed by atoms with Gasteiger partial charge in [-0.1, -0.05) is 6.07 Å². The van der Waals surface area contributed by atoms with Crippen molar-refractivity contribution in [1.82, 2.24) is 5.32 Å². The predicted molar refractivity (Wildman–Crippen MR) is 76.5 cm³/mol. The van der Waals surface area contributed by atoms with Gasteiger partial charge in [-0.15, -0.1) is 0 Å². The smallest absolute Gasteiger partial charge is 0.337 e. The Labute approximate surface area is 114 Å². The first-order valence-corrected chi connectivity index (χ1v) is 6.85. The first kappa shape index (κ1) is 13.9. The Kier molecular flexibility index (Phi) is 4.80. The summed E-state index contributed by atoms with van der Waals surface area (Å²) < 4.78 is 4.73. The molecule has 0 bridgehead atoms. The Morgan fingerprint density at radius 2 is 1.89 bits per heavy atom. The summed E-state index contributed by atoms with van der Waals surface area (Å²) in [6.45, 7) is 0. The maximum Gasteiger partial charge on any atom is 0.337 e. The third-order valence-electron chi connectivity index (χ3n) is 3.79. The van der Waals surface area contributed by atoms with Crippen molar-refractivity contribution in [2.75, 3.05) is 19.5 Å². The standard InChI is InChI=1S/C15H22N2O2/c1-16-12-6-8-13(9-7-12)17-14-5-3-4-11(10-14)15(18)19-2/h3-5,10,12-13,16-17H,6-9H2,1-2H3. The Balaban J connectivity index is 1.94. The van der Waals surface area contributed by atoms with Crippen LogP contribution in [0.3, 0.4) is 0 Å². The number of carbonyl (C=O) groups is 1. The maximum absolute atomic E-state index is 11.5. The molecule has 1 aromatic rings. The van der Waals surface area contributed by atoms with E-state index in [1.165, 1.54) is 20.0 Å². The molecule has 4 heteroatoms. The van der Waals surface area contributed by atoms with Crippen LogP contribution in [0.25, 0.3) is 0 Å². The second-order valence-corrected chi connectivity index (χ2v) is 5.05. The Morgan fingerprint density at radius 3 is 2.53 bits per heavy atom. The third-order valence-corrected chi connectivity index (χ3v) is 3.79. The number of benzene rings is 1. The summed E-state index contributed by atoms with van der Waals surface area (Å²) in [4.78, 5) is 11.5. The molecule has 0 aliphatic heterocycles. The molecule has 0 unspecified atom stereocenters. The molecule has 1 aliphatic carbocycles. The number of hydrogen-bond donors (Lipinski definition) is 2. The quantitative estimate of drug-likeness (QED) is 0.818. The van der Waals surface area contributed by atoms with Crippen molar-refractivity contribution < 1.29 is 9.53 Å². The normalized spacial score (nSPS) is 22.8. The Bertz CT molecular complexity index is 426. The van der Waals surface area contributed by atoms with E-state index in [1.807, 2.05) is 25.2 Å². The van der Waals surface area contributed by atoms with Crippen molar-refractivity contribution in [3.05, 3.63) is 29.8 Å². The fourth-order valence-electron chi connectivity index (χ4n) is 2.62. The minimum Gasteiger partial charge on any atom is -0.465 e. The molecule has 1 aromatic carbocycles. The molecule has 0 atom stereocenters. The number of rotatable bonds is 4. The summed E-state index contributed by atoms with van der Waals surface area (Å²) in [6, 6.07) is 8.66. The summed E-state index contributed by atoms with van der Waals surface area (Å²) in [5, 5.41) is 6.84. The first-order chi connectivity index (χ1) is 9.22. The molecule has 19 heavy (non-hydrogen) atoms. The molecule has 0 saturated heterocycles. The van der Waals surface area contributed by atoms with Gasteiger partial charge in [-0.3, -0.25) is 0 Å². The highest BCUT2D eigenvalue weighted by atomic mass is 16.5. The van der Waals surface area contributed by atoms with E-state index in [-0.39, 0.29) is 5.97 Å². The van der Waals surface area contributed by atoms with Crippen LogP contribution in [0.4, 0.5) is 5.69 Å². The molecule has 4 nitrogen and oxygen atoms in total. The van der Waals surface area contributed by atoms with Crippen LogP contribution in [0.5, 0.6) is 0 Å². The third kappa shape index (κ3) is 3.70. The second kappa shape index (κ2) is 6.57. The number of anilines is 1. The summed E-state index contributed by atoms with van der Waals surface area (Å²) >= 11 is 0. The van der Waals surface area contributed by atoms with Gasteiger partial charge in [0.05, 0.1) is 12.7 Å². The number of nitrogens with one attached hydrogen (secondary N) is 2. The number of esters is 1. The molecule has 2 rings (SSSR count). The average Bonchev–Trinajstić information content (AvgIpc) is 2.47. The van der Waals surface area contributed by atoms with Crippen LogP contribution in [0.2, 0.25) is 0 Å². The molecule has 1 saturated carbocycles. The van der Waals surface area contributed by atoms with Gasteiger partial charge >= 0.3 is 5.97 Å². The lowest BCUT2D eigenvalue weighted by molar-refractivity contribution is 0.0601. The van der Waals surface area contributed by atoms with Crippen LogP contribution in [-0.4, -0.2) is 32.2 Å². The molecule has 0 amide bonds. The van der Waals surface area contributed by atoms with Crippen molar-refractivity contribution >= 4 is 11.7 Å². The van der Waals surface area contributed by atoms with Crippen molar-refractivity contribution in [3.8, 4) is 0 Å². The van der Waals surface area contributed by atoms with E-state index in [2.05, 4.69) is 10.6 Å². The van der Waals surface area contributed by atoms with Gasteiger partial charge in [0.2, 0.25) is 0 Å². The van der Waals surface area contributed by atoms with Crippen molar-refractivity contribution in [2.24, 2.45) is 0 Å². The van der Waals surface area contributed by atoms with Crippen LogP contribution in [0.1, 0.15) is 36.0 Å². The van der Waals surface area contributed by atoms with E-state index in [0.29, 0.717) is 17.6 Å². The van der Waals surface area contributed by atoms with E-state index in [1.54, 1.807) is 6.07 Å². The van der Waals surface area contributed by atoms with Gasteiger partial charge in [-0.25, -0.2) is 4.79 Å². The molecule has 2 N–H and O–H groups in total. The van der Waals surface area contributed by atoms with Gasteiger partial charge in [-0.2, -0.15) is 0 Å². The zero-order chi connectivity index (χ0) is 13.7. The lowest BCUT2D eigenvalue weighted by Gasteiger charge is -2.29. The van der Waals surface area contributed by atoms with Gasteiger partial charge in [-0.05, 0) is 50.9 Å². The lowest BCUT2D eigenvalue weighted by Crippen LogP contribution is -2.34. The number of hydrogen-bond acceptors (Lipinski definition) is 4. The van der Waals surface area contributed by atoms with Crippen LogP contribution >= 0.6 is 0 Å². The summed E-state index contributed by atoms with van der Waals surface area (Å²) in [7, 11) is 3.43. The van der Waals surface area contributed by atoms with Gasteiger partial charge < -0.3 is 15.4 Å². The van der Waals surface area contributed by atoms with Crippen LogP contribution < -0.4 is 10.6 Å². The first-order valence-electron chi connectivity index (χ1n) is 6.85. The van der Waals surface area contributed by atoms with Crippen molar-refractivity contribution in [3.63, 3.8) is 0 Å². The van der Waals surface area contributed by atoms with Crippen LogP contribution in [-0.2, 0) is 4.74 Å². The van der Waals surface area contributed by atoms with Crippen molar-refractivity contribution in [1.29, 1.82) is 0 Å². The maximum atomic E-state index is 11.5. The minimum atomic E-state index is -0.289. The number of carbonyl (C=O) groups excluding carboxylic acids is 1. The highest BCUT2D eigenvalue weighted by Gasteiger charge is 2.19. The molecule has 104 valence electrons. The second-order valence-electron chi connectivity index (χ2n) is 5.05. The zero-order valence-corrected chi connectivity index (χ0v) is 11.6. The number of methoxy groups -OCH3 is 1. The van der Waals surface area contributed by atoms with Crippen LogP contribution in [0, 0.1) is 0 Å². The predicted octanol–water partition coefficient (Wildman–Crippen LogP) is 2.42. The molecule has 0 aromatic heterocycles. The summed E-state index contributed by atoms with van der Waals surface area (Å²) in [5.41, 5.74) is 1.59. The molecule has 0 spiro atoms. The van der Waals surface area contributed by atoms with E-state index in [0.717, 1.165) is 18.5 Å². The summed E-state index contributed by atoms with van der Waals surface area (Å²) in [6.07, 6.45) is 4.72. The van der Waals surface area contributed by atoms with Gasteiger partial charge in [0, 0.05) is 17.8 Å². The molecular weight excluding hydrogens is 240 g/mol. The van der Waals surface area contributed by atoms with E-state index in [4.69, 9.17) is 4.74 Å². The van der Waals surface area contributed by atoms with Crippen molar-refractivity contribution in [2.45, 2.75) is 37.8 Å². The number of ether oxygens (including phenoxy) is 1. The van der Waals surface area contributed by atoms with Gasteiger partial charge in [0.25, 0.3) is 0 Å². The largest absolute Gasteiger partial charge is 0.465 e. The van der Waals surface area contributed by atoms with Crippen LogP contribution in [0.15, 0.2) is 24.3 Å². The molecule has 1 aliphatic rings. The lowest BCUT2D eigenvalue weighted by atomic mass is 9.91. The Morgan fingerprint density at radius 1 is 1.21 bits per heavy atom. The molecule has 0 heterocycles. The fourth-order valence-corrected chi connectivity index (χ4v) is 2.62. The highest BCUT2D eigenvalue weighted by molar-refractivity contribution is 5.90. The van der Waals surface area contributed by atoms with E-state index >= 15 is 0 Å². The zero-order valence-electron chi connectivity index (χ0n) is 11.6. The van der Waals surface area contributed by atoms with E-state index in [9.17, 15) is 4.79 Å². The topological polar surface area (TPSA) is 50.4 Å².